The van der Waals surface area contributed by atoms with Crippen molar-refractivity contribution in [2.75, 3.05) is 136 Å². The quantitative estimate of drug-likeness (QED) is 0.0577. The van der Waals surface area contributed by atoms with E-state index in [2.05, 4.69) is 164 Å². The molecular weight excluding hydrogens is 1460 g/mol. The highest BCUT2D eigenvalue weighted by Gasteiger charge is 2.46. The van der Waals surface area contributed by atoms with Crippen molar-refractivity contribution in [1.82, 2.24) is 29.9 Å². The maximum absolute atomic E-state index is 14.0. The second-order valence-electron chi connectivity index (χ2n) is 33.7. The zero-order chi connectivity index (χ0) is 83.7. The van der Waals surface area contributed by atoms with Crippen LogP contribution in [-0.2, 0) is 14.2 Å². The van der Waals surface area contributed by atoms with Crippen molar-refractivity contribution in [3.05, 3.63) is 144 Å². The number of rotatable bonds is 21. The van der Waals surface area contributed by atoms with Gasteiger partial charge in [-0.2, -0.15) is 0 Å². The smallest absolute Gasteiger partial charge is 0.268 e. The van der Waals surface area contributed by atoms with Crippen LogP contribution in [0.15, 0.2) is 110 Å². The molecular formula is C90H138F6N12O6. The summed E-state index contributed by atoms with van der Waals surface area (Å²) in [6.45, 7) is 36.2. The van der Waals surface area contributed by atoms with Crippen LogP contribution in [0, 0.1) is 17.8 Å². The third-order valence-corrected chi connectivity index (χ3v) is 23.8. The molecule has 0 radical (unpaired) electrons. The van der Waals surface area contributed by atoms with Gasteiger partial charge in [0.1, 0.15) is 0 Å². The number of halogens is 6. The second kappa shape index (κ2) is 44.6. The topological polar surface area (TPSA) is 185 Å². The summed E-state index contributed by atoms with van der Waals surface area (Å²) in [6.07, 6.45) is 20.4. The molecule has 12 rings (SSSR count). The molecule has 0 aromatic carbocycles. The molecule has 6 aromatic heterocycles. The average molecular weight is 1600 g/mol. The number of hydrogen-bond donors (Lipinski definition) is 3. The number of aliphatic hydroxyl groups is 3. The van der Waals surface area contributed by atoms with Crippen molar-refractivity contribution in [1.29, 1.82) is 0 Å². The van der Waals surface area contributed by atoms with Crippen molar-refractivity contribution in [3.8, 4) is 0 Å². The minimum atomic E-state index is -2.59. The minimum Gasteiger partial charge on any atom is -0.394 e. The van der Waals surface area contributed by atoms with Crippen molar-refractivity contribution >= 4 is 34.1 Å². The Balaban J connectivity index is 0.000000189. The predicted molar refractivity (Wildman–Crippen MR) is 451 cm³/mol. The fourth-order valence-electron chi connectivity index (χ4n) is 15.6. The molecule has 6 aromatic rings. The zero-order valence-corrected chi connectivity index (χ0v) is 71.8. The molecule has 18 nitrogen and oxygen atoms in total. The average Bonchev–Trinajstić information content (AvgIpc) is 0.663. The van der Waals surface area contributed by atoms with E-state index in [0.29, 0.717) is 93.7 Å². The van der Waals surface area contributed by atoms with Crippen LogP contribution < -0.4 is 29.4 Å². The van der Waals surface area contributed by atoms with E-state index in [-0.39, 0.29) is 69.3 Å². The van der Waals surface area contributed by atoms with Crippen LogP contribution in [0.25, 0.3) is 0 Å². The molecule has 0 amide bonds. The first-order valence-electron chi connectivity index (χ1n) is 42.1. The number of piperidine rings is 6. The van der Waals surface area contributed by atoms with Gasteiger partial charge < -0.3 is 58.9 Å². The van der Waals surface area contributed by atoms with E-state index in [1.54, 1.807) is 54.6 Å². The Labute approximate surface area is 678 Å². The monoisotopic (exact) mass is 1600 g/mol. The lowest BCUT2D eigenvalue weighted by Gasteiger charge is -2.40. The molecule has 24 heteroatoms. The van der Waals surface area contributed by atoms with Crippen LogP contribution in [0.5, 0.6) is 0 Å². The lowest BCUT2D eigenvalue weighted by atomic mass is 9.90. The number of alkyl halides is 6. The van der Waals surface area contributed by atoms with Crippen LogP contribution in [0.4, 0.5) is 60.5 Å². The molecule has 12 heterocycles. The van der Waals surface area contributed by atoms with Crippen molar-refractivity contribution < 1.29 is 55.9 Å². The van der Waals surface area contributed by atoms with Gasteiger partial charge in [0, 0.05) is 119 Å². The van der Waals surface area contributed by atoms with E-state index in [4.69, 9.17) is 14.2 Å². The fourth-order valence-corrected chi connectivity index (χ4v) is 15.6. The first kappa shape index (κ1) is 94.2. The van der Waals surface area contributed by atoms with Gasteiger partial charge in [0.15, 0.2) is 0 Å². The zero-order valence-electron chi connectivity index (χ0n) is 71.8. The maximum atomic E-state index is 14.0. The minimum absolute atomic E-state index is 0.0991. The van der Waals surface area contributed by atoms with E-state index in [9.17, 15) is 41.7 Å². The van der Waals surface area contributed by atoms with Crippen LogP contribution >= 0.6 is 0 Å². The highest BCUT2D eigenvalue weighted by Crippen LogP contribution is 2.41. The first-order chi connectivity index (χ1) is 54.2. The fraction of sp³-hybridized carbons (Fsp3) is 0.667. The number of methoxy groups -OCH3 is 3. The second-order valence-corrected chi connectivity index (χ2v) is 33.7. The van der Waals surface area contributed by atoms with E-state index in [1.807, 2.05) is 75.8 Å². The van der Waals surface area contributed by atoms with Gasteiger partial charge >= 0.3 is 0 Å². The van der Waals surface area contributed by atoms with Crippen LogP contribution in [0.2, 0.25) is 0 Å². The van der Waals surface area contributed by atoms with Gasteiger partial charge in [0.05, 0.1) is 141 Å². The molecule has 114 heavy (non-hydrogen) atoms. The Hall–Kier alpha value is -6.96. The summed E-state index contributed by atoms with van der Waals surface area (Å²) in [5, 5.41) is 28.5. The summed E-state index contributed by atoms with van der Waals surface area (Å²) in [6, 6.07) is 24.5. The van der Waals surface area contributed by atoms with Gasteiger partial charge in [-0.25, -0.2) is 26.3 Å². The van der Waals surface area contributed by atoms with Gasteiger partial charge in [-0.15, -0.1) is 0 Å². The molecule has 0 saturated carbocycles. The van der Waals surface area contributed by atoms with E-state index in [0.717, 1.165) is 133 Å². The van der Waals surface area contributed by atoms with Crippen molar-refractivity contribution in [2.45, 2.75) is 264 Å². The third-order valence-electron chi connectivity index (χ3n) is 23.8. The largest absolute Gasteiger partial charge is 0.394 e. The standard InChI is InChI=1S/3C15H22F2N2.3C15H24N2O2/c3*1-4-12-7-8-19(10-15(12,16)17)13-5-6-14(11(2)3)18-9-13;2*1-11(2)15-7-5-12(8-16-15)17-9-14(19-3)6-4-13(17)10-18;1-12(2)14-5-4-13(10-16-14)17-8-6-15(11-18,19-3)7-9-17/h3*5-6,9,11-12H,4,7-8,10H2,1-3H3;2*5,7-8,11,13-14,18H,4,6,9-10H2,1-3H3;4-5,10,12,18H,6-9,11H2,1-3H3/t2*12-;;13-,14+;;/m10.1../s1. The Bertz CT molecular complexity index is 3400. The highest BCUT2D eigenvalue weighted by molar-refractivity contribution is 5.51. The van der Waals surface area contributed by atoms with Crippen molar-refractivity contribution in [3.63, 3.8) is 0 Å². The highest BCUT2D eigenvalue weighted by atomic mass is 19.3. The summed E-state index contributed by atoms with van der Waals surface area (Å²) in [7, 11) is 5.19. The van der Waals surface area contributed by atoms with Gasteiger partial charge in [0.2, 0.25) is 0 Å². The number of hydrogen-bond acceptors (Lipinski definition) is 18. The Morgan fingerprint density at radius 1 is 0.360 bits per heavy atom. The summed E-state index contributed by atoms with van der Waals surface area (Å²) >= 11 is 0. The SMILES string of the molecule is CCC1CCN(c2ccc(C(C)C)nc2)CC1(F)F.CC[C@@H]1CCN(c2ccc(C(C)C)nc2)CC1(F)F.CC[C@H]1CCN(c2ccc(C(C)C)nc2)CC1(F)F.COC1(CO)CCN(c2ccc(C(C)C)nc2)CC1.COC1CCC(CO)N(c2ccc(C(C)C)nc2)C1.CO[C@H]1CC[C@H](CO)N(c2ccc(C(C)C)nc2)C1. The van der Waals surface area contributed by atoms with Gasteiger partial charge in [0.25, 0.3) is 17.8 Å². The maximum Gasteiger partial charge on any atom is 0.268 e. The number of anilines is 6. The summed E-state index contributed by atoms with van der Waals surface area (Å²) in [5.41, 5.74) is 11.7. The molecule has 7 atom stereocenters. The molecule has 0 bridgehead atoms. The van der Waals surface area contributed by atoms with Crippen LogP contribution in [-0.4, -0.2) is 199 Å². The first-order valence-corrected chi connectivity index (χ1v) is 42.1. The lowest BCUT2D eigenvalue weighted by molar-refractivity contribution is -0.0673. The van der Waals surface area contributed by atoms with Crippen molar-refractivity contribution in [2.24, 2.45) is 17.8 Å². The Morgan fingerprint density at radius 3 is 0.807 bits per heavy atom. The number of pyridine rings is 6. The Kier molecular flexibility index (Phi) is 36.8. The van der Waals surface area contributed by atoms with Crippen LogP contribution in [0.3, 0.4) is 0 Å². The molecule has 636 valence electrons. The van der Waals surface area contributed by atoms with Gasteiger partial charge in [-0.05, 0) is 185 Å². The number of ether oxygens (including phenoxy) is 3. The predicted octanol–water partition coefficient (Wildman–Crippen LogP) is 18.8. The van der Waals surface area contributed by atoms with Gasteiger partial charge in [-0.1, -0.05) is 104 Å². The molecule has 6 aliphatic heterocycles. The summed E-state index contributed by atoms with van der Waals surface area (Å²) < 4.78 is 100. The normalized spacial score (nSPS) is 22.6. The van der Waals surface area contributed by atoms with E-state index < -0.39 is 35.5 Å². The molecule has 3 unspecified atom stereocenters. The molecule has 0 aliphatic carbocycles. The number of nitrogens with zero attached hydrogens (tertiary/aromatic N) is 12. The molecule has 3 N–H and O–H groups in total. The van der Waals surface area contributed by atoms with E-state index in [1.165, 1.54) is 0 Å². The lowest BCUT2D eigenvalue weighted by Crippen LogP contribution is -2.48. The summed E-state index contributed by atoms with van der Waals surface area (Å²) in [4.78, 5) is 38.6. The molecule has 0 spiro atoms. The van der Waals surface area contributed by atoms with Crippen LogP contribution in [0.1, 0.15) is 251 Å². The Morgan fingerprint density at radius 2 is 0.614 bits per heavy atom. The molecule has 6 fully saturated rings. The number of aromatic nitrogens is 6. The molecule has 6 saturated heterocycles. The summed E-state index contributed by atoms with van der Waals surface area (Å²) in [5.74, 6) is -6.79. The van der Waals surface area contributed by atoms with Gasteiger partial charge in [-0.3, -0.25) is 29.9 Å². The third kappa shape index (κ3) is 26.5. The molecule has 6 aliphatic rings. The van der Waals surface area contributed by atoms with E-state index >= 15 is 0 Å². The number of aliphatic hydroxyl groups excluding tert-OH is 3.